The summed E-state index contributed by atoms with van der Waals surface area (Å²) in [4.78, 5) is 10.1. The van der Waals surface area contributed by atoms with Crippen molar-refractivity contribution in [3.63, 3.8) is 0 Å². The van der Waals surface area contributed by atoms with Crippen molar-refractivity contribution < 1.29 is 0 Å². The van der Waals surface area contributed by atoms with E-state index in [0.717, 1.165) is 50.3 Å². The van der Waals surface area contributed by atoms with E-state index in [0.29, 0.717) is 11.4 Å². The van der Waals surface area contributed by atoms with Gasteiger partial charge in [0.15, 0.2) is 5.82 Å². The van der Waals surface area contributed by atoms with Crippen molar-refractivity contribution in [3.05, 3.63) is 230 Å². The number of rotatable bonds is 7. The minimum absolute atomic E-state index is 0.661. The maximum Gasteiger partial charge on any atom is 0.160 e. The molecule has 1 aliphatic rings. The Labute approximate surface area is 371 Å². The van der Waals surface area contributed by atoms with Crippen molar-refractivity contribution in [2.45, 2.75) is 0 Å². The Morgan fingerprint density at radius 1 is 0.281 bits per heavy atom. The number of fused-ring (bicyclic) bond motifs is 4. The van der Waals surface area contributed by atoms with Crippen molar-refractivity contribution in [1.82, 2.24) is 9.97 Å². The molecule has 0 aliphatic heterocycles. The lowest BCUT2D eigenvalue weighted by Crippen LogP contribution is -1.96. The quantitative estimate of drug-likeness (QED) is 0.161. The zero-order valence-corrected chi connectivity index (χ0v) is 34.7. The zero-order chi connectivity index (χ0) is 42.6. The highest BCUT2D eigenvalue weighted by atomic mass is 14.9. The van der Waals surface area contributed by atoms with E-state index in [1.54, 1.807) is 0 Å². The van der Waals surface area contributed by atoms with E-state index < -0.39 is 0 Å². The number of nitriles is 1. The summed E-state index contributed by atoms with van der Waals surface area (Å²) in [5.74, 6) is 0.706. The van der Waals surface area contributed by atoms with Gasteiger partial charge in [0.1, 0.15) is 0 Å². The first kappa shape index (κ1) is 37.1. The second kappa shape index (κ2) is 15.3. The van der Waals surface area contributed by atoms with Gasteiger partial charge in [0, 0.05) is 16.7 Å². The third-order valence-corrected chi connectivity index (χ3v) is 12.7. The molecule has 0 amide bonds. The van der Waals surface area contributed by atoms with E-state index in [-0.39, 0.29) is 0 Å². The first-order valence-corrected chi connectivity index (χ1v) is 21.6. The molecule has 0 saturated heterocycles. The number of benzene rings is 10. The third-order valence-electron chi connectivity index (χ3n) is 12.7. The van der Waals surface area contributed by atoms with E-state index in [4.69, 9.17) is 9.97 Å². The Kier molecular flexibility index (Phi) is 8.88. The van der Waals surface area contributed by atoms with Crippen LogP contribution in [0.15, 0.2) is 224 Å². The highest BCUT2D eigenvalue weighted by Crippen LogP contribution is 2.52. The fourth-order valence-corrected chi connectivity index (χ4v) is 9.62. The molecule has 10 aromatic carbocycles. The zero-order valence-electron chi connectivity index (χ0n) is 34.7. The smallest absolute Gasteiger partial charge is 0.160 e. The number of nitrogens with zero attached hydrogens (tertiary/aromatic N) is 3. The minimum Gasteiger partial charge on any atom is -0.228 e. The molecule has 11 aromatic rings. The van der Waals surface area contributed by atoms with Crippen LogP contribution in [0.3, 0.4) is 0 Å². The molecule has 296 valence electrons. The van der Waals surface area contributed by atoms with Crippen LogP contribution in [-0.2, 0) is 0 Å². The lowest BCUT2D eigenvalue weighted by Gasteiger charge is -2.16. The van der Waals surface area contributed by atoms with Gasteiger partial charge in [0.2, 0.25) is 0 Å². The predicted molar refractivity (Wildman–Crippen MR) is 264 cm³/mol. The van der Waals surface area contributed by atoms with Crippen LogP contribution in [0, 0.1) is 11.3 Å². The van der Waals surface area contributed by atoms with Crippen LogP contribution in [0.2, 0.25) is 0 Å². The van der Waals surface area contributed by atoms with Gasteiger partial charge in [-0.2, -0.15) is 5.26 Å². The Hall–Kier alpha value is -8.71. The monoisotopic (exact) mass is 811 g/mol. The van der Waals surface area contributed by atoms with Gasteiger partial charge in [-0.1, -0.05) is 206 Å². The Balaban J connectivity index is 0.963. The van der Waals surface area contributed by atoms with Gasteiger partial charge in [0.25, 0.3) is 0 Å². The molecular formula is C61H37N3. The summed E-state index contributed by atoms with van der Waals surface area (Å²) in [6.07, 6.45) is 0. The van der Waals surface area contributed by atoms with Crippen molar-refractivity contribution in [2.75, 3.05) is 0 Å². The average molecular weight is 812 g/mol. The first-order valence-electron chi connectivity index (χ1n) is 21.6. The van der Waals surface area contributed by atoms with E-state index in [1.807, 2.05) is 60.7 Å². The van der Waals surface area contributed by atoms with Crippen LogP contribution in [0.4, 0.5) is 0 Å². The van der Waals surface area contributed by atoms with Crippen LogP contribution in [-0.4, -0.2) is 9.97 Å². The summed E-state index contributed by atoms with van der Waals surface area (Å²) in [5, 5.41) is 14.3. The van der Waals surface area contributed by atoms with Gasteiger partial charge in [-0.3, -0.25) is 0 Å². The first-order chi connectivity index (χ1) is 31.7. The van der Waals surface area contributed by atoms with Crippen molar-refractivity contribution in [3.8, 4) is 107 Å². The fourth-order valence-electron chi connectivity index (χ4n) is 9.62. The fraction of sp³-hybridized carbons (Fsp3) is 0. The summed E-state index contributed by atoms with van der Waals surface area (Å²) in [6, 6.07) is 81.8. The van der Waals surface area contributed by atoms with Gasteiger partial charge in [0.05, 0.1) is 23.0 Å². The summed E-state index contributed by atoms with van der Waals surface area (Å²) >= 11 is 0. The second-order valence-electron chi connectivity index (χ2n) is 16.4. The van der Waals surface area contributed by atoms with E-state index in [1.165, 1.54) is 66.1 Å². The van der Waals surface area contributed by atoms with Crippen molar-refractivity contribution in [2.24, 2.45) is 0 Å². The van der Waals surface area contributed by atoms with Gasteiger partial charge < -0.3 is 0 Å². The lowest BCUT2D eigenvalue weighted by molar-refractivity contribution is 1.18. The molecule has 3 nitrogen and oxygen atoms in total. The van der Waals surface area contributed by atoms with Crippen LogP contribution >= 0.6 is 0 Å². The van der Waals surface area contributed by atoms with E-state index in [9.17, 15) is 5.26 Å². The van der Waals surface area contributed by atoms with E-state index in [2.05, 4.69) is 170 Å². The summed E-state index contributed by atoms with van der Waals surface area (Å²) in [5.41, 5.74) is 19.9. The van der Waals surface area contributed by atoms with Crippen molar-refractivity contribution in [1.29, 1.82) is 5.26 Å². The molecule has 1 heterocycles. The van der Waals surface area contributed by atoms with Gasteiger partial charge in [-0.25, -0.2) is 9.97 Å². The van der Waals surface area contributed by atoms with Gasteiger partial charge in [-0.05, 0) is 107 Å². The molecule has 0 unspecified atom stereocenters. The maximum absolute atomic E-state index is 9.37. The molecule has 0 atom stereocenters. The van der Waals surface area contributed by atoms with Crippen molar-refractivity contribution >= 4 is 21.5 Å². The number of aromatic nitrogens is 2. The average Bonchev–Trinajstić information content (AvgIpc) is 3.71. The van der Waals surface area contributed by atoms with Gasteiger partial charge >= 0.3 is 0 Å². The SMILES string of the molecule is N#Cc1ccc(-c2ccc(-c3ccc(-c4ccc5c6c(ccc(-c7ccc(-c8cc(-c9ccccc9)nc(-c9ccccc9)n8)cc7)c46)-c4ccccc4-5)cc3)c3ccccc23)cc1. The standard InChI is InChI=1S/C61H37N3/c62-38-39-19-21-40(22-20-39)47-31-32-48(52-16-8-7-15-51(47)52)41-23-25-42(26-24-41)49-33-35-55-53-17-9-10-18-54(53)56-36-34-50(59(49)60(55)56)43-27-29-45(30-28-43)58-37-57(44-11-3-1-4-12-44)63-61(64-58)46-13-5-2-6-14-46/h1-37H. The number of hydrogen-bond acceptors (Lipinski definition) is 3. The molecular weight excluding hydrogens is 775 g/mol. The van der Waals surface area contributed by atoms with Crippen LogP contribution < -0.4 is 0 Å². The summed E-state index contributed by atoms with van der Waals surface area (Å²) in [6.45, 7) is 0. The molecule has 64 heavy (non-hydrogen) atoms. The molecule has 0 N–H and O–H groups in total. The highest BCUT2D eigenvalue weighted by Gasteiger charge is 2.25. The lowest BCUT2D eigenvalue weighted by atomic mass is 9.87. The normalized spacial score (nSPS) is 11.4. The highest BCUT2D eigenvalue weighted by molar-refractivity contribution is 6.22. The molecule has 12 rings (SSSR count). The molecule has 0 spiro atoms. The molecule has 3 heteroatoms. The van der Waals surface area contributed by atoms with Crippen LogP contribution in [0.1, 0.15) is 5.56 Å². The number of hydrogen-bond donors (Lipinski definition) is 0. The third kappa shape index (κ3) is 6.28. The molecule has 1 aliphatic carbocycles. The Morgan fingerprint density at radius 2 is 0.641 bits per heavy atom. The summed E-state index contributed by atoms with van der Waals surface area (Å²) < 4.78 is 0. The molecule has 0 saturated carbocycles. The molecule has 1 aromatic heterocycles. The molecule has 0 radical (unpaired) electrons. The minimum atomic E-state index is 0.661. The Bertz CT molecular complexity index is 3540. The van der Waals surface area contributed by atoms with Crippen LogP contribution in [0.5, 0.6) is 0 Å². The largest absolute Gasteiger partial charge is 0.228 e. The van der Waals surface area contributed by atoms with Gasteiger partial charge in [-0.15, -0.1) is 0 Å². The van der Waals surface area contributed by atoms with Crippen LogP contribution in [0.25, 0.3) is 122 Å². The summed E-state index contributed by atoms with van der Waals surface area (Å²) in [7, 11) is 0. The molecule has 0 bridgehead atoms. The topological polar surface area (TPSA) is 49.6 Å². The maximum atomic E-state index is 9.37. The predicted octanol–water partition coefficient (Wildman–Crippen LogP) is 16.0. The Morgan fingerprint density at radius 3 is 1.14 bits per heavy atom. The second-order valence-corrected chi connectivity index (χ2v) is 16.4. The van der Waals surface area contributed by atoms with E-state index >= 15 is 0 Å². The molecule has 0 fully saturated rings.